The van der Waals surface area contributed by atoms with Gasteiger partial charge in [0.05, 0.1) is 27.1 Å². The van der Waals surface area contributed by atoms with Crippen LogP contribution in [-0.2, 0) is 0 Å². The lowest BCUT2D eigenvalue weighted by Gasteiger charge is -2.11. The normalized spacial score (nSPS) is 11.9. The molecule has 57 heavy (non-hydrogen) atoms. The van der Waals surface area contributed by atoms with Crippen molar-refractivity contribution in [1.82, 2.24) is 14.5 Å². The Labute approximate surface area is 331 Å². The van der Waals surface area contributed by atoms with Crippen LogP contribution < -0.4 is 0 Å². The highest BCUT2D eigenvalue weighted by atomic mass is 32.1. The van der Waals surface area contributed by atoms with Gasteiger partial charge in [0.1, 0.15) is 11.2 Å². The standard InChI is InChI=1S/C52H31N3OS/c1-3-12-32(13-4-1)33-22-24-34(25-23-33)44-31-45(35-26-29-48-43(30-35)38-17-8-10-21-47(38)56-48)54-52(53-44)42-19-11-18-40-41-28-27-39-37-16-7-9-20-46(37)55(36-14-5-2-6-15-36)49(39)51(41)57-50(40)42/h1-31H. The van der Waals surface area contributed by atoms with Crippen LogP contribution >= 0.6 is 11.3 Å². The van der Waals surface area contributed by atoms with Crippen LogP contribution in [0.1, 0.15) is 0 Å². The molecule has 4 aromatic heterocycles. The number of aromatic nitrogens is 3. The fraction of sp³-hybridized carbons (Fsp3) is 0. The first kappa shape index (κ1) is 32.0. The molecule has 0 amide bonds. The summed E-state index contributed by atoms with van der Waals surface area (Å²) in [6.07, 6.45) is 0. The van der Waals surface area contributed by atoms with E-state index in [0.717, 1.165) is 55.7 Å². The van der Waals surface area contributed by atoms with E-state index in [9.17, 15) is 0 Å². The van der Waals surface area contributed by atoms with E-state index in [0.29, 0.717) is 5.82 Å². The quantitative estimate of drug-likeness (QED) is 0.176. The Hall–Kier alpha value is -7.34. The number of thiophene rings is 1. The fourth-order valence-electron chi connectivity index (χ4n) is 8.54. The second kappa shape index (κ2) is 12.6. The molecule has 0 atom stereocenters. The summed E-state index contributed by atoms with van der Waals surface area (Å²) in [4.78, 5) is 10.7. The maximum Gasteiger partial charge on any atom is 0.161 e. The molecule has 0 aliphatic rings. The Bertz CT molecular complexity index is 3510. The molecule has 5 heteroatoms. The maximum atomic E-state index is 6.21. The SMILES string of the molecule is c1ccc(-c2ccc(-c3cc(-c4ccc5oc6ccccc6c5c4)nc(-c4cccc5c4sc4c5ccc5c6ccccc6n(-c6ccccc6)c54)n3)cc2)cc1. The maximum absolute atomic E-state index is 6.21. The topological polar surface area (TPSA) is 43.9 Å². The van der Waals surface area contributed by atoms with Crippen molar-refractivity contribution in [1.29, 1.82) is 0 Å². The second-order valence-corrected chi connectivity index (χ2v) is 15.5. The van der Waals surface area contributed by atoms with Gasteiger partial charge in [0, 0.05) is 59.4 Å². The molecular formula is C52H31N3OS. The first-order valence-corrected chi connectivity index (χ1v) is 20.0. The second-order valence-electron chi connectivity index (χ2n) is 14.5. The van der Waals surface area contributed by atoms with Gasteiger partial charge in [-0.25, -0.2) is 9.97 Å². The van der Waals surface area contributed by atoms with Crippen molar-refractivity contribution in [2.45, 2.75) is 0 Å². The van der Waals surface area contributed by atoms with Gasteiger partial charge < -0.3 is 8.98 Å². The first-order chi connectivity index (χ1) is 28.2. The zero-order valence-corrected chi connectivity index (χ0v) is 31.4. The molecule has 4 heterocycles. The van der Waals surface area contributed by atoms with E-state index < -0.39 is 0 Å². The monoisotopic (exact) mass is 745 g/mol. The number of rotatable bonds is 5. The van der Waals surface area contributed by atoms with E-state index in [-0.39, 0.29) is 0 Å². The van der Waals surface area contributed by atoms with Crippen LogP contribution in [0, 0.1) is 0 Å². The van der Waals surface area contributed by atoms with E-state index in [1.54, 1.807) is 0 Å². The van der Waals surface area contributed by atoms with Gasteiger partial charge in [0.15, 0.2) is 5.82 Å². The van der Waals surface area contributed by atoms with Crippen LogP contribution in [0.25, 0.3) is 115 Å². The summed E-state index contributed by atoms with van der Waals surface area (Å²) in [6, 6.07) is 66.5. The molecule has 0 aliphatic heterocycles. The average Bonchev–Trinajstić information content (AvgIpc) is 3.96. The molecule has 0 bridgehead atoms. The van der Waals surface area contributed by atoms with Gasteiger partial charge >= 0.3 is 0 Å². The van der Waals surface area contributed by atoms with E-state index >= 15 is 0 Å². The average molecular weight is 746 g/mol. The molecule has 12 aromatic rings. The number of benzene rings is 8. The molecule has 0 spiro atoms. The number of fused-ring (bicyclic) bond motifs is 10. The molecule has 0 unspecified atom stereocenters. The van der Waals surface area contributed by atoms with Gasteiger partial charge in [0.2, 0.25) is 0 Å². The van der Waals surface area contributed by atoms with Crippen LogP contribution in [0.15, 0.2) is 192 Å². The lowest BCUT2D eigenvalue weighted by Crippen LogP contribution is -1.96. The van der Waals surface area contributed by atoms with Crippen molar-refractivity contribution in [3.05, 3.63) is 188 Å². The first-order valence-electron chi connectivity index (χ1n) is 19.1. The summed E-state index contributed by atoms with van der Waals surface area (Å²) in [5.41, 5.74) is 12.5. The minimum absolute atomic E-state index is 0.698. The third-order valence-corrected chi connectivity index (χ3v) is 12.5. The van der Waals surface area contributed by atoms with Crippen molar-refractivity contribution >= 4 is 75.3 Å². The van der Waals surface area contributed by atoms with E-state index in [1.165, 1.54) is 53.1 Å². The summed E-state index contributed by atoms with van der Waals surface area (Å²) in [5, 5.41) is 7.09. The summed E-state index contributed by atoms with van der Waals surface area (Å²) in [5.74, 6) is 0.698. The van der Waals surface area contributed by atoms with Gasteiger partial charge in [0.25, 0.3) is 0 Å². The highest BCUT2D eigenvalue weighted by Gasteiger charge is 2.21. The zero-order valence-electron chi connectivity index (χ0n) is 30.6. The summed E-state index contributed by atoms with van der Waals surface area (Å²) in [7, 11) is 0. The Kier molecular flexibility index (Phi) is 7.06. The molecular weight excluding hydrogens is 715 g/mol. The highest BCUT2D eigenvalue weighted by molar-refractivity contribution is 7.27. The third kappa shape index (κ3) is 5.06. The Balaban J connectivity index is 1.09. The number of nitrogens with zero attached hydrogens (tertiary/aromatic N) is 3. The highest BCUT2D eigenvalue weighted by Crippen LogP contribution is 2.46. The van der Waals surface area contributed by atoms with Crippen molar-refractivity contribution in [3.63, 3.8) is 0 Å². The van der Waals surface area contributed by atoms with Crippen LogP contribution in [-0.4, -0.2) is 14.5 Å². The third-order valence-electron chi connectivity index (χ3n) is 11.2. The molecule has 0 saturated heterocycles. The largest absolute Gasteiger partial charge is 0.456 e. The predicted molar refractivity (Wildman–Crippen MR) is 238 cm³/mol. The Morgan fingerprint density at radius 1 is 0.404 bits per heavy atom. The molecule has 266 valence electrons. The lowest BCUT2D eigenvalue weighted by molar-refractivity contribution is 0.669. The van der Waals surface area contributed by atoms with E-state index in [4.69, 9.17) is 14.4 Å². The molecule has 0 N–H and O–H groups in total. The number of para-hydroxylation sites is 3. The molecule has 0 saturated carbocycles. The minimum Gasteiger partial charge on any atom is -0.456 e. The summed E-state index contributed by atoms with van der Waals surface area (Å²) >= 11 is 1.83. The predicted octanol–water partition coefficient (Wildman–Crippen LogP) is 14.5. The van der Waals surface area contributed by atoms with Crippen molar-refractivity contribution in [2.24, 2.45) is 0 Å². The van der Waals surface area contributed by atoms with Crippen molar-refractivity contribution < 1.29 is 4.42 Å². The summed E-state index contributed by atoms with van der Waals surface area (Å²) in [6.45, 7) is 0. The van der Waals surface area contributed by atoms with E-state index in [1.807, 2.05) is 29.5 Å². The molecule has 0 fully saturated rings. The molecule has 0 radical (unpaired) electrons. The number of hydrogen-bond donors (Lipinski definition) is 0. The Morgan fingerprint density at radius 3 is 1.86 bits per heavy atom. The minimum atomic E-state index is 0.698. The number of furan rings is 1. The Morgan fingerprint density at radius 2 is 1.02 bits per heavy atom. The van der Waals surface area contributed by atoms with E-state index in [2.05, 4.69) is 174 Å². The molecule has 4 nitrogen and oxygen atoms in total. The van der Waals surface area contributed by atoms with Gasteiger partial charge in [-0.1, -0.05) is 133 Å². The smallest absolute Gasteiger partial charge is 0.161 e. The van der Waals surface area contributed by atoms with Crippen molar-refractivity contribution in [3.8, 4) is 50.7 Å². The summed E-state index contributed by atoms with van der Waals surface area (Å²) < 4.78 is 11.1. The lowest BCUT2D eigenvalue weighted by atomic mass is 10.0. The fourth-order valence-corrected chi connectivity index (χ4v) is 9.89. The van der Waals surface area contributed by atoms with Gasteiger partial charge in [-0.15, -0.1) is 11.3 Å². The van der Waals surface area contributed by atoms with Crippen molar-refractivity contribution in [2.75, 3.05) is 0 Å². The molecule has 12 rings (SSSR count). The van der Waals surface area contributed by atoms with Gasteiger partial charge in [-0.05, 0) is 65.7 Å². The van der Waals surface area contributed by atoms with Crippen LogP contribution in [0.3, 0.4) is 0 Å². The van der Waals surface area contributed by atoms with Gasteiger partial charge in [-0.2, -0.15) is 0 Å². The number of hydrogen-bond acceptors (Lipinski definition) is 4. The molecule has 8 aromatic carbocycles. The zero-order chi connectivity index (χ0) is 37.5. The van der Waals surface area contributed by atoms with Gasteiger partial charge in [-0.3, -0.25) is 0 Å². The van der Waals surface area contributed by atoms with Crippen LogP contribution in [0.5, 0.6) is 0 Å². The van der Waals surface area contributed by atoms with Crippen LogP contribution in [0.2, 0.25) is 0 Å². The van der Waals surface area contributed by atoms with Crippen LogP contribution in [0.4, 0.5) is 0 Å². The molecule has 0 aliphatic carbocycles.